The number of urea groups is 1. The molecule has 1 unspecified atom stereocenters. The van der Waals surface area contributed by atoms with Crippen molar-refractivity contribution in [2.45, 2.75) is 45.2 Å². The fourth-order valence-corrected chi connectivity index (χ4v) is 2.21. The lowest BCUT2D eigenvalue weighted by Crippen LogP contribution is -2.41. The Balaban J connectivity index is 1.92. The van der Waals surface area contributed by atoms with Gasteiger partial charge in [-0.15, -0.1) is 0 Å². The number of benzene rings is 1. The Morgan fingerprint density at radius 1 is 1.42 bits per heavy atom. The summed E-state index contributed by atoms with van der Waals surface area (Å²) >= 11 is 0. The van der Waals surface area contributed by atoms with Crippen LogP contribution in [-0.2, 0) is 0 Å². The molecule has 0 saturated heterocycles. The number of anilines is 1. The lowest BCUT2D eigenvalue weighted by molar-refractivity contribution is 0.240. The first kappa shape index (κ1) is 13.9. The van der Waals surface area contributed by atoms with E-state index in [-0.39, 0.29) is 6.03 Å². The van der Waals surface area contributed by atoms with Crippen molar-refractivity contribution in [3.05, 3.63) is 29.8 Å². The number of rotatable bonds is 5. The van der Waals surface area contributed by atoms with Gasteiger partial charge in [0.1, 0.15) is 0 Å². The third kappa shape index (κ3) is 3.96. The molecule has 1 aliphatic rings. The predicted molar refractivity (Wildman–Crippen MR) is 78.3 cm³/mol. The summed E-state index contributed by atoms with van der Waals surface area (Å²) in [5, 5.41) is 9.24. The standard InChI is InChI=1S/C15H23N3O/c1-3-16-11(2)12-6-4-9-14(10-12)18-15(19)17-13-7-5-8-13/h4,6,9-11,13,16H,3,5,7-8H2,1-2H3,(H2,17,18,19). The zero-order chi connectivity index (χ0) is 13.7. The van der Waals surface area contributed by atoms with Crippen LogP contribution in [0.2, 0.25) is 0 Å². The summed E-state index contributed by atoms with van der Waals surface area (Å²) in [6.07, 6.45) is 3.43. The van der Waals surface area contributed by atoms with Crippen LogP contribution < -0.4 is 16.0 Å². The van der Waals surface area contributed by atoms with Gasteiger partial charge in [0.25, 0.3) is 0 Å². The van der Waals surface area contributed by atoms with Crippen LogP contribution in [0.5, 0.6) is 0 Å². The van der Waals surface area contributed by atoms with E-state index in [1.54, 1.807) is 0 Å². The molecule has 104 valence electrons. The van der Waals surface area contributed by atoms with Gasteiger partial charge in [0.2, 0.25) is 0 Å². The van der Waals surface area contributed by atoms with Crippen LogP contribution in [0, 0.1) is 0 Å². The minimum absolute atomic E-state index is 0.0991. The molecule has 2 amide bonds. The van der Waals surface area contributed by atoms with E-state index in [9.17, 15) is 4.79 Å². The molecule has 1 fully saturated rings. The van der Waals surface area contributed by atoms with E-state index in [1.165, 1.54) is 12.0 Å². The summed E-state index contributed by atoms with van der Waals surface area (Å²) in [4.78, 5) is 11.8. The van der Waals surface area contributed by atoms with Crippen molar-refractivity contribution in [1.82, 2.24) is 10.6 Å². The lowest BCUT2D eigenvalue weighted by atomic mass is 9.93. The van der Waals surface area contributed by atoms with Crippen molar-refractivity contribution in [2.75, 3.05) is 11.9 Å². The molecular formula is C15H23N3O. The molecule has 2 rings (SSSR count). The summed E-state index contributed by atoms with van der Waals surface area (Å²) in [7, 11) is 0. The summed E-state index contributed by atoms with van der Waals surface area (Å²) in [6.45, 7) is 5.14. The Bertz CT molecular complexity index is 429. The average molecular weight is 261 g/mol. The minimum atomic E-state index is -0.0991. The quantitative estimate of drug-likeness (QED) is 0.763. The van der Waals surface area contributed by atoms with E-state index in [0.29, 0.717) is 12.1 Å². The van der Waals surface area contributed by atoms with Crippen molar-refractivity contribution in [3.63, 3.8) is 0 Å². The zero-order valence-corrected chi connectivity index (χ0v) is 11.7. The molecule has 0 spiro atoms. The number of amides is 2. The van der Waals surface area contributed by atoms with Crippen molar-refractivity contribution in [2.24, 2.45) is 0 Å². The molecule has 4 nitrogen and oxygen atoms in total. The van der Waals surface area contributed by atoms with Gasteiger partial charge in [-0.05, 0) is 50.4 Å². The second kappa shape index (κ2) is 6.57. The van der Waals surface area contributed by atoms with Crippen molar-refractivity contribution < 1.29 is 4.79 Å². The number of hydrogen-bond donors (Lipinski definition) is 3. The number of carbonyl (C=O) groups is 1. The van der Waals surface area contributed by atoms with Gasteiger partial charge in [-0.1, -0.05) is 19.1 Å². The Labute approximate surface area is 115 Å². The molecule has 3 N–H and O–H groups in total. The Morgan fingerprint density at radius 2 is 2.21 bits per heavy atom. The van der Waals surface area contributed by atoms with Gasteiger partial charge in [0, 0.05) is 17.8 Å². The first-order valence-electron chi connectivity index (χ1n) is 7.10. The maximum atomic E-state index is 11.8. The molecule has 1 aromatic rings. The van der Waals surface area contributed by atoms with Gasteiger partial charge in [-0.2, -0.15) is 0 Å². The topological polar surface area (TPSA) is 53.2 Å². The van der Waals surface area contributed by atoms with Gasteiger partial charge < -0.3 is 16.0 Å². The maximum Gasteiger partial charge on any atom is 0.319 e. The van der Waals surface area contributed by atoms with E-state index in [1.807, 2.05) is 18.2 Å². The number of carbonyl (C=O) groups excluding carboxylic acids is 1. The first-order valence-corrected chi connectivity index (χ1v) is 7.10. The van der Waals surface area contributed by atoms with Crippen LogP contribution in [0.1, 0.15) is 44.7 Å². The Morgan fingerprint density at radius 3 is 2.84 bits per heavy atom. The second-order valence-corrected chi connectivity index (χ2v) is 5.13. The van der Waals surface area contributed by atoms with Crippen molar-refractivity contribution in [3.8, 4) is 0 Å². The molecule has 1 aromatic carbocycles. The van der Waals surface area contributed by atoms with E-state index in [0.717, 1.165) is 25.1 Å². The number of nitrogens with one attached hydrogen (secondary N) is 3. The van der Waals surface area contributed by atoms with Crippen molar-refractivity contribution >= 4 is 11.7 Å². The summed E-state index contributed by atoms with van der Waals surface area (Å²) in [5.74, 6) is 0. The normalized spacial score (nSPS) is 16.5. The van der Waals surface area contributed by atoms with E-state index in [2.05, 4.69) is 35.9 Å². The highest BCUT2D eigenvalue weighted by atomic mass is 16.2. The largest absolute Gasteiger partial charge is 0.335 e. The van der Waals surface area contributed by atoms with E-state index >= 15 is 0 Å². The molecule has 1 aliphatic carbocycles. The van der Waals surface area contributed by atoms with E-state index in [4.69, 9.17) is 0 Å². The SMILES string of the molecule is CCNC(C)c1cccc(NC(=O)NC2CCC2)c1. The van der Waals surface area contributed by atoms with Crippen LogP contribution in [0.3, 0.4) is 0 Å². The maximum absolute atomic E-state index is 11.8. The van der Waals surface area contributed by atoms with Gasteiger partial charge >= 0.3 is 6.03 Å². The monoisotopic (exact) mass is 261 g/mol. The highest BCUT2D eigenvalue weighted by molar-refractivity contribution is 5.89. The lowest BCUT2D eigenvalue weighted by Gasteiger charge is -2.26. The van der Waals surface area contributed by atoms with Crippen LogP contribution in [0.15, 0.2) is 24.3 Å². The zero-order valence-electron chi connectivity index (χ0n) is 11.7. The summed E-state index contributed by atoms with van der Waals surface area (Å²) in [5.41, 5.74) is 2.03. The smallest absolute Gasteiger partial charge is 0.319 e. The number of hydrogen-bond acceptors (Lipinski definition) is 2. The summed E-state index contributed by atoms with van der Waals surface area (Å²) in [6, 6.07) is 8.55. The first-order chi connectivity index (χ1) is 9.19. The second-order valence-electron chi connectivity index (χ2n) is 5.13. The fourth-order valence-electron chi connectivity index (χ4n) is 2.21. The van der Waals surface area contributed by atoms with Gasteiger partial charge in [0.15, 0.2) is 0 Å². The van der Waals surface area contributed by atoms with Crippen LogP contribution in [0.25, 0.3) is 0 Å². The highest BCUT2D eigenvalue weighted by Crippen LogP contribution is 2.19. The fraction of sp³-hybridized carbons (Fsp3) is 0.533. The van der Waals surface area contributed by atoms with E-state index < -0.39 is 0 Å². The van der Waals surface area contributed by atoms with Gasteiger partial charge in [-0.25, -0.2) is 4.79 Å². The highest BCUT2D eigenvalue weighted by Gasteiger charge is 2.19. The van der Waals surface area contributed by atoms with Crippen LogP contribution in [0.4, 0.5) is 10.5 Å². The van der Waals surface area contributed by atoms with Crippen LogP contribution in [-0.4, -0.2) is 18.6 Å². The van der Waals surface area contributed by atoms with Gasteiger partial charge in [-0.3, -0.25) is 0 Å². The third-order valence-electron chi connectivity index (χ3n) is 3.60. The molecule has 4 heteroatoms. The van der Waals surface area contributed by atoms with Crippen molar-refractivity contribution in [1.29, 1.82) is 0 Å². The molecule has 0 aliphatic heterocycles. The summed E-state index contributed by atoms with van der Waals surface area (Å²) < 4.78 is 0. The van der Waals surface area contributed by atoms with Gasteiger partial charge in [0.05, 0.1) is 0 Å². The Hall–Kier alpha value is -1.55. The molecule has 19 heavy (non-hydrogen) atoms. The molecule has 0 aromatic heterocycles. The minimum Gasteiger partial charge on any atom is -0.335 e. The predicted octanol–water partition coefficient (Wildman–Crippen LogP) is 3.03. The molecule has 0 heterocycles. The van der Waals surface area contributed by atoms with Crippen LogP contribution >= 0.6 is 0 Å². The molecule has 1 atom stereocenters. The average Bonchev–Trinajstić information content (AvgIpc) is 2.34. The third-order valence-corrected chi connectivity index (χ3v) is 3.60. The molecule has 1 saturated carbocycles. The Kier molecular flexibility index (Phi) is 4.80. The molecule has 0 bridgehead atoms. The molecule has 0 radical (unpaired) electrons. The molecular weight excluding hydrogens is 238 g/mol.